The fraction of sp³-hybridized carbons (Fsp3) is 0.462. The summed E-state index contributed by atoms with van der Waals surface area (Å²) in [6, 6.07) is 12.9. The third-order valence-corrected chi connectivity index (χ3v) is 7.38. The van der Waals surface area contributed by atoms with Gasteiger partial charge in [0.25, 0.3) is 0 Å². The van der Waals surface area contributed by atoms with E-state index in [4.69, 9.17) is 9.47 Å². The van der Waals surface area contributed by atoms with Crippen molar-refractivity contribution in [1.82, 2.24) is 10.2 Å². The molecule has 2 heterocycles. The molecule has 2 aliphatic heterocycles. The Kier molecular flexibility index (Phi) is 7.35. The van der Waals surface area contributed by atoms with Gasteiger partial charge in [0.1, 0.15) is 23.2 Å². The summed E-state index contributed by atoms with van der Waals surface area (Å²) in [5.74, 6) is -0.814. The number of aromatic carboxylic acids is 1. The molecular weight excluding hydrogens is 475 g/mol. The van der Waals surface area contributed by atoms with E-state index in [1.165, 1.54) is 12.1 Å². The summed E-state index contributed by atoms with van der Waals surface area (Å²) in [4.78, 5) is 27.2. The van der Waals surface area contributed by atoms with E-state index >= 15 is 0 Å². The fourth-order valence-corrected chi connectivity index (χ4v) is 5.22. The number of likely N-dealkylation sites (tertiary alicyclic amines) is 1. The molecule has 1 amide bonds. The molecule has 5 rings (SSSR count). The van der Waals surface area contributed by atoms with Crippen molar-refractivity contribution in [3.05, 3.63) is 65.5 Å². The number of ether oxygens (including phenoxy) is 2. The van der Waals surface area contributed by atoms with Gasteiger partial charge in [-0.05, 0) is 61.9 Å². The minimum atomic E-state index is -0.967. The summed E-state index contributed by atoms with van der Waals surface area (Å²) in [6.07, 6.45) is 3.48. The molecule has 1 atom stereocenters. The molecule has 2 aromatic carbocycles. The number of benzene rings is 2. The molecule has 0 spiro atoms. The number of rotatable bonds is 7. The molecule has 0 bridgehead atoms. The Labute approximate surface area is 210 Å². The standard InChI is InChI=1S/C26H29FN2O5.ClH/c27-20-2-1-3-21(16-20)34-22-8-13-29(17-22)26(11-14-33-15-12-26)24(32)28-25(9-10-25)19-6-4-18(5-7-19)23(30)31;/h1-7,16,22H,8-15,17H2,(H,28,32)(H,30,31);1H/t22-;/m1./s1. The van der Waals surface area contributed by atoms with Crippen LogP contribution in [0.2, 0.25) is 0 Å². The molecule has 188 valence electrons. The highest BCUT2D eigenvalue weighted by molar-refractivity contribution is 5.89. The Morgan fingerprint density at radius 3 is 2.43 bits per heavy atom. The van der Waals surface area contributed by atoms with Crippen molar-refractivity contribution in [2.24, 2.45) is 0 Å². The molecule has 0 radical (unpaired) electrons. The third-order valence-electron chi connectivity index (χ3n) is 7.38. The number of carbonyl (C=O) groups is 2. The predicted octanol–water partition coefficient (Wildman–Crippen LogP) is 3.75. The summed E-state index contributed by atoms with van der Waals surface area (Å²) in [5, 5.41) is 12.5. The van der Waals surface area contributed by atoms with Gasteiger partial charge in [0.05, 0.1) is 11.1 Å². The molecule has 2 N–H and O–H groups in total. The van der Waals surface area contributed by atoms with Crippen LogP contribution in [0, 0.1) is 5.82 Å². The molecule has 1 saturated carbocycles. The molecule has 0 aromatic heterocycles. The van der Waals surface area contributed by atoms with Crippen LogP contribution < -0.4 is 10.1 Å². The summed E-state index contributed by atoms with van der Waals surface area (Å²) in [6.45, 7) is 2.33. The first-order valence-electron chi connectivity index (χ1n) is 11.8. The Morgan fingerprint density at radius 2 is 1.80 bits per heavy atom. The Hall–Kier alpha value is -2.68. The summed E-state index contributed by atoms with van der Waals surface area (Å²) in [5.41, 5.74) is 0.0286. The van der Waals surface area contributed by atoms with Crippen LogP contribution in [0.25, 0.3) is 0 Å². The number of hydrogen-bond donors (Lipinski definition) is 2. The molecule has 0 unspecified atom stereocenters. The average molecular weight is 505 g/mol. The van der Waals surface area contributed by atoms with Gasteiger partial charge < -0.3 is 19.9 Å². The van der Waals surface area contributed by atoms with Crippen LogP contribution in [0.3, 0.4) is 0 Å². The predicted molar refractivity (Wildman–Crippen MR) is 129 cm³/mol. The normalized spacial score (nSPS) is 22.6. The molecule has 35 heavy (non-hydrogen) atoms. The molecule has 7 nitrogen and oxygen atoms in total. The second kappa shape index (κ2) is 10.1. The zero-order valence-corrected chi connectivity index (χ0v) is 20.2. The first-order chi connectivity index (χ1) is 16.4. The first-order valence-corrected chi connectivity index (χ1v) is 11.8. The Balaban J connectivity index is 0.00000289. The number of halogens is 2. The lowest BCUT2D eigenvalue weighted by atomic mass is 9.86. The van der Waals surface area contributed by atoms with Crippen LogP contribution in [-0.4, -0.2) is 59.8 Å². The van der Waals surface area contributed by atoms with Crippen LogP contribution >= 0.6 is 12.4 Å². The Bertz CT molecular complexity index is 1070. The van der Waals surface area contributed by atoms with Gasteiger partial charge in [-0.25, -0.2) is 9.18 Å². The number of carboxylic acid groups (broad SMARTS) is 1. The van der Waals surface area contributed by atoms with Crippen molar-refractivity contribution in [2.45, 2.75) is 49.3 Å². The van der Waals surface area contributed by atoms with Crippen LogP contribution in [0.15, 0.2) is 48.5 Å². The van der Waals surface area contributed by atoms with E-state index in [1.807, 2.05) is 0 Å². The van der Waals surface area contributed by atoms with Crippen molar-refractivity contribution < 1.29 is 28.6 Å². The quantitative estimate of drug-likeness (QED) is 0.597. The van der Waals surface area contributed by atoms with Crippen LogP contribution in [0.5, 0.6) is 5.75 Å². The van der Waals surface area contributed by atoms with Crippen molar-refractivity contribution >= 4 is 24.3 Å². The van der Waals surface area contributed by atoms with Gasteiger partial charge in [-0.2, -0.15) is 0 Å². The van der Waals surface area contributed by atoms with E-state index in [9.17, 15) is 19.1 Å². The zero-order valence-electron chi connectivity index (χ0n) is 19.4. The van der Waals surface area contributed by atoms with E-state index in [2.05, 4.69) is 10.2 Å². The minimum absolute atomic E-state index is 0. The first kappa shape index (κ1) is 25.4. The molecule has 2 aromatic rings. The van der Waals surface area contributed by atoms with E-state index in [0.717, 1.165) is 24.8 Å². The molecule has 9 heteroatoms. The zero-order chi connectivity index (χ0) is 23.8. The van der Waals surface area contributed by atoms with Gasteiger partial charge in [-0.1, -0.05) is 18.2 Å². The van der Waals surface area contributed by atoms with E-state index in [1.54, 1.807) is 36.4 Å². The van der Waals surface area contributed by atoms with Crippen LogP contribution in [0.4, 0.5) is 4.39 Å². The van der Waals surface area contributed by atoms with Crippen LogP contribution in [-0.2, 0) is 15.1 Å². The second-order valence-corrected chi connectivity index (χ2v) is 9.49. The van der Waals surface area contributed by atoms with Crippen molar-refractivity contribution in [3.8, 4) is 5.75 Å². The van der Waals surface area contributed by atoms with Crippen molar-refractivity contribution in [1.29, 1.82) is 0 Å². The fourth-order valence-electron chi connectivity index (χ4n) is 5.22. The number of nitrogens with one attached hydrogen (secondary N) is 1. The molecule has 2 saturated heterocycles. The van der Waals surface area contributed by atoms with Crippen LogP contribution in [0.1, 0.15) is 48.0 Å². The second-order valence-electron chi connectivity index (χ2n) is 9.49. The van der Waals surface area contributed by atoms with Crippen molar-refractivity contribution in [3.63, 3.8) is 0 Å². The van der Waals surface area contributed by atoms with Gasteiger partial charge in [-0.15, -0.1) is 12.4 Å². The smallest absolute Gasteiger partial charge is 0.335 e. The van der Waals surface area contributed by atoms with Gasteiger partial charge >= 0.3 is 5.97 Å². The Morgan fingerprint density at radius 1 is 1.09 bits per heavy atom. The number of hydrogen-bond acceptors (Lipinski definition) is 5. The number of amides is 1. The van der Waals surface area contributed by atoms with E-state index in [0.29, 0.717) is 44.9 Å². The van der Waals surface area contributed by atoms with E-state index in [-0.39, 0.29) is 35.8 Å². The third kappa shape index (κ3) is 5.15. The number of carbonyl (C=O) groups excluding carboxylic acids is 1. The highest BCUT2D eigenvalue weighted by atomic mass is 35.5. The lowest BCUT2D eigenvalue weighted by Gasteiger charge is -2.43. The lowest BCUT2D eigenvalue weighted by Crippen LogP contribution is -2.62. The average Bonchev–Trinajstić information content (AvgIpc) is 3.47. The van der Waals surface area contributed by atoms with Gasteiger partial charge in [0.2, 0.25) is 5.91 Å². The molecule has 1 aliphatic carbocycles. The number of carboxylic acids is 1. The van der Waals surface area contributed by atoms with Gasteiger partial charge in [0.15, 0.2) is 0 Å². The summed E-state index contributed by atoms with van der Waals surface area (Å²) < 4.78 is 25.2. The van der Waals surface area contributed by atoms with Crippen molar-refractivity contribution in [2.75, 3.05) is 26.3 Å². The summed E-state index contributed by atoms with van der Waals surface area (Å²) in [7, 11) is 0. The maximum absolute atomic E-state index is 13.8. The minimum Gasteiger partial charge on any atom is -0.489 e. The highest BCUT2D eigenvalue weighted by Gasteiger charge is 2.53. The molecule has 3 fully saturated rings. The topological polar surface area (TPSA) is 88.1 Å². The highest BCUT2D eigenvalue weighted by Crippen LogP contribution is 2.46. The monoisotopic (exact) mass is 504 g/mol. The van der Waals surface area contributed by atoms with E-state index < -0.39 is 17.0 Å². The lowest BCUT2D eigenvalue weighted by molar-refractivity contribution is -0.141. The largest absolute Gasteiger partial charge is 0.489 e. The van der Waals surface area contributed by atoms with Gasteiger partial charge in [-0.3, -0.25) is 9.69 Å². The molecular formula is C26H30ClFN2O5. The maximum Gasteiger partial charge on any atom is 0.335 e. The van der Waals surface area contributed by atoms with Gasteiger partial charge in [0, 0.05) is 32.4 Å². The molecule has 3 aliphatic rings. The SMILES string of the molecule is Cl.O=C(O)c1ccc(C2(NC(=O)C3(N4CC[C@@H](Oc5cccc(F)c5)C4)CCOCC3)CC2)cc1. The number of nitrogens with zero attached hydrogens (tertiary/aromatic N) is 1. The summed E-state index contributed by atoms with van der Waals surface area (Å²) >= 11 is 0. The maximum atomic E-state index is 13.8.